The minimum atomic E-state index is -0.392. The van der Waals surface area contributed by atoms with Crippen molar-refractivity contribution in [2.45, 2.75) is 13.5 Å². The van der Waals surface area contributed by atoms with Gasteiger partial charge in [-0.05, 0) is 48.4 Å². The fourth-order valence-corrected chi connectivity index (χ4v) is 3.63. The number of methoxy groups -OCH3 is 1. The Morgan fingerprint density at radius 2 is 1.58 bits per heavy atom. The SMILES string of the molecule is COc1ccc(NC2=C(c3ccc(C)cc3)C(=O)N(Cc3ccccc3Cl)C2=O)cc1. The number of anilines is 1. The summed E-state index contributed by atoms with van der Waals surface area (Å²) in [6.45, 7) is 2.07. The highest BCUT2D eigenvalue weighted by Crippen LogP contribution is 2.32. The van der Waals surface area contributed by atoms with Crippen LogP contribution in [0.2, 0.25) is 5.02 Å². The molecule has 2 amide bonds. The van der Waals surface area contributed by atoms with Gasteiger partial charge in [0.2, 0.25) is 0 Å². The molecule has 6 heteroatoms. The number of halogens is 1. The van der Waals surface area contributed by atoms with Crippen molar-refractivity contribution in [2.24, 2.45) is 0 Å². The van der Waals surface area contributed by atoms with Crippen LogP contribution in [0.1, 0.15) is 16.7 Å². The second kappa shape index (κ2) is 8.66. The van der Waals surface area contributed by atoms with Crippen LogP contribution in [0.3, 0.4) is 0 Å². The van der Waals surface area contributed by atoms with Crippen molar-refractivity contribution in [3.8, 4) is 5.75 Å². The Balaban J connectivity index is 1.73. The molecule has 0 aliphatic carbocycles. The second-order valence-corrected chi connectivity index (χ2v) is 7.66. The summed E-state index contributed by atoms with van der Waals surface area (Å²) in [6, 6.07) is 21.9. The normalized spacial score (nSPS) is 13.7. The van der Waals surface area contributed by atoms with Crippen molar-refractivity contribution >= 4 is 34.7 Å². The summed E-state index contributed by atoms with van der Waals surface area (Å²) in [5.41, 5.74) is 3.72. The summed E-state index contributed by atoms with van der Waals surface area (Å²) >= 11 is 6.27. The maximum absolute atomic E-state index is 13.4. The molecule has 0 radical (unpaired) electrons. The third kappa shape index (κ3) is 4.18. The van der Waals surface area contributed by atoms with Crippen LogP contribution in [0.15, 0.2) is 78.5 Å². The summed E-state index contributed by atoms with van der Waals surface area (Å²) < 4.78 is 5.19. The van der Waals surface area contributed by atoms with E-state index in [-0.39, 0.29) is 18.1 Å². The number of hydrogen-bond acceptors (Lipinski definition) is 4. The largest absolute Gasteiger partial charge is 0.497 e. The molecular weight excluding hydrogens is 412 g/mol. The molecule has 0 spiro atoms. The summed E-state index contributed by atoms with van der Waals surface area (Å²) in [6.07, 6.45) is 0. The Bertz CT molecular complexity index is 1170. The highest BCUT2D eigenvalue weighted by atomic mass is 35.5. The number of benzene rings is 3. The van der Waals surface area contributed by atoms with Crippen molar-refractivity contribution < 1.29 is 14.3 Å². The highest BCUT2D eigenvalue weighted by molar-refractivity contribution is 6.36. The van der Waals surface area contributed by atoms with Crippen molar-refractivity contribution in [3.05, 3.63) is 100 Å². The van der Waals surface area contributed by atoms with Crippen LogP contribution in [0.25, 0.3) is 5.57 Å². The van der Waals surface area contributed by atoms with Gasteiger partial charge in [-0.2, -0.15) is 0 Å². The van der Waals surface area contributed by atoms with Crippen LogP contribution < -0.4 is 10.1 Å². The van der Waals surface area contributed by atoms with E-state index in [1.165, 1.54) is 4.90 Å². The van der Waals surface area contributed by atoms with Crippen LogP contribution >= 0.6 is 11.6 Å². The van der Waals surface area contributed by atoms with Gasteiger partial charge in [0.1, 0.15) is 11.4 Å². The molecule has 0 unspecified atom stereocenters. The molecule has 31 heavy (non-hydrogen) atoms. The zero-order valence-electron chi connectivity index (χ0n) is 17.2. The van der Waals surface area contributed by atoms with E-state index >= 15 is 0 Å². The molecule has 0 fully saturated rings. The van der Waals surface area contributed by atoms with Gasteiger partial charge in [0.05, 0.1) is 19.2 Å². The van der Waals surface area contributed by atoms with Crippen LogP contribution in [0.5, 0.6) is 5.75 Å². The van der Waals surface area contributed by atoms with E-state index in [1.807, 2.05) is 49.4 Å². The van der Waals surface area contributed by atoms with E-state index in [0.717, 1.165) is 5.56 Å². The van der Waals surface area contributed by atoms with Gasteiger partial charge in [-0.3, -0.25) is 14.5 Å². The first kappa shape index (κ1) is 20.7. The first-order valence-corrected chi connectivity index (χ1v) is 10.2. The molecule has 3 aromatic carbocycles. The Kier molecular flexibility index (Phi) is 5.78. The summed E-state index contributed by atoms with van der Waals surface area (Å²) in [7, 11) is 1.59. The molecule has 4 rings (SSSR count). The van der Waals surface area contributed by atoms with Gasteiger partial charge in [-0.1, -0.05) is 59.6 Å². The maximum Gasteiger partial charge on any atom is 0.278 e. The molecule has 0 atom stereocenters. The first-order valence-electron chi connectivity index (χ1n) is 9.80. The number of nitrogens with zero attached hydrogens (tertiary/aromatic N) is 1. The number of ether oxygens (including phenoxy) is 1. The molecule has 1 aliphatic heterocycles. The smallest absolute Gasteiger partial charge is 0.278 e. The van der Waals surface area contributed by atoms with Gasteiger partial charge in [0, 0.05) is 10.7 Å². The Hall–Kier alpha value is -3.57. The van der Waals surface area contributed by atoms with Crippen molar-refractivity contribution in [1.82, 2.24) is 4.90 Å². The Morgan fingerprint density at radius 3 is 2.23 bits per heavy atom. The summed E-state index contributed by atoms with van der Waals surface area (Å²) in [5, 5.41) is 3.66. The fourth-order valence-electron chi connectivity index (χ4n) is 3.44. The molecule has 156 valence electrons. The molecule has 1 N–H and O–H groups in total. The van der Waals surface area contributed by atoms with Gasteiger partial charge in [-0.25, -0.2) is 0 Å². The number of carbonyl (C=O) groups excluding carboxylic acids is 2. The van der Waals surface area contributed by atoms with E-state index in [2.05, 4.69) is 5.32 Å². The lowest BCUT2D eigenvalue weighted by Gasteiger charge is -2.16. The molecule has 0 bridgehead atoms. The Labute approximate surface area is 185 Å². The Morgan fingerprint density at radius 1 is 0.903 bits per heavy atom. The predicted molar refractivity (Wildman–Crippen MR) is 122 cm³/mol. The van der Waals surface area contributed by atoms with E-state index in [4.69, 9.17) is 16.3 Å². The number of nitrogens with one attached hydrogen (secondary N) is 1. The zero-order chi connectivity index (χ0) is 22.0. The number of rotatable bonds is 6. The van der Waals surface area contributed by atoms with Gasteiger partial charge in [0.15, 0.2) is 0 Å². The van der Waals surface area contributed by atoms with Crippen molar-refractivity contribution in [3.63, 3.8) is 0 Å². The van der Waals surface area contributed by atoms with E-state index in [0.29, 0.717) is 33.2 Å². The maximum atomic E-state index is 13.4. The predicted octanol–water partition coefficient (Wildman–Crippen LogP) is 5.05. The second-order valence-electron chi connectivity index (χ2n) is 7.26. The van der Waals surface area contributed by atoms with E-state index < -0.39 is 5.91 Å². The van der Waals surface area contributed by atoms with Crippen LogP contribution in [0, 0.1) is 6.92 Å². The fraction of sp³-hybridized carbons (Fsp3) is 0.120. The van der Waals surface area contributed by atoms with Crippen LogP contribution in [-0.4, -0.2) is 23.8 Å². The summed E-state index contributed by atoms with van der Waals surface area (Å²) in [5.74, 6) is -0.0476. The van der Waals surface area contributed by atoms with Crippen molar-refractivity contribution in [1.29, 1.82) is 0 Å². The highest BCUT2D eigenvalue weighted by Gasteiger charge is 2.39. The number of amides is 2. The van der Waals surface area contributed by atoms with Gasteiger partial charge in [0.25, 0.3) is 11.8 Å². The average Bonchev–Trinajstić information content (AvgIpc) is 3.00. The number of carbonyl (C=O) groups is 2. The number of aryl methyl sites for hydroxylation is 1. The van der Waals surface area contributed by atoms with Gasteiger partial charge >= 0.3 is 0 Å². The third-order valence-corrected chi connectivity index (χ3v) is 5.52. The monoisotopic (exact) mass is 432 g/mol. The molecule has 5 nitrogen and oxygen atoms in total. The average molecular weight is 433 g/mol. The van der Waals surface area contributed by atoms with Crippen LogP contribution in [0.4, 0.5) is 5.69 Å². The van der Waals surface area contributed by atoms with Gasteiger partial charge in [-0.15, -0.1) is 0 Å². The molecule has 0 saturated carbocycles. The quantitative estimate of drug-likeness (QED) is 0.554. The lowest BCUT2D eigenvalue weighted by Crippen LogP contribution is -2.32. The molecule has 0 saturated heterocycles. The van der Waals surface area contributed by atoms with Crippen molar-refractivity contribution in [2.75, 3.05) is 12.4 Å². The first-order chi connectivity index (χ1) is 15.0. The van der Waals surface area contributed by atoms with E-state index in [9.17, 15) is 9.59 Å². The van der Waals surface area contributed by atoms with E-state index in [1.54, 1.807) is 37.4 Å². The lowest BCUT2D eigenvalue weighted by molar-refractivity contribution is -0.137. The number of hydrogen-bond donors (Lipinski definition) is 1. The zero-order valence-corrected chi connectivity index (χ0v) is 17.9. The molecule has 1 heterocycles. The minimum Gasteiger partial charge on any atom is -0.497 e. The molecule has 1 aliphatic rings. The number of imide groups is 1. The molecule has 0 aromatic heterocycles. The topological polar surface area (TPSA) is 58.6 Å². The van der Waals surface area contributed by atoms with Crippen LogP contribution in [-0.2, 0) is 16.1 Å². The lowest BCUT2D eigenvalue weighted by atomic mass is 10.0. The standard InChI is InChI=1S/C25H21ClN2O3/c1-16-7-9-17(10-8-16)22-23(27-19-11-13-20(31-2)14-12-19)25(30)28(24(22)29)15-18-5-3-4-6-21(18)26/h3-14,27H,15H2,1-2H3. The minimum absolute atomic E-state index is 0.0977. The molecule has 3 aromatic rings. The van der Waals surface area contributed by atoms with Gasteiger partial charge < -0.3 is 10.1 Å². The third-order valence-electron chi connectivity index (χ3n) is 5.15. The molecular formula is C25H21ClN2O3. The summed E-state index contributed by atoms with van der Waals surface area (Å²) in [4.78, 5) is 27.9.